The number of benzene rings is 1. The quantitative estimate of drug-likeness (QED) is 0.856. The number of anilines is 1. The van der Waals surface area contributed by atoms with E-state index in [0.717, 1.165) is 9.35 Å². The van der Waals surface area contributed by atoms with E-state index in [-0.39, 0.29) is 5.56 Å². The number of carbonyl (C=O) groups is 1. The van der Waals surface area contributed by atoms with Crippen LogP contribution in [0.1, 0.15) is 10.4 Å². The molecule has 0 aliphatic heterocycles. The van der Waals surface area contributed by atoms with Gasteiger partial charge in [-0.05, 0) is 33.6 Å². The average molecular weight is 347 g/mol. The van der Waals surface area contributed by atoms with E-state index < -0.39 is 5.97 Å². The number of halogens is 2. The van der Waals surface area contributed by atoms with Gasteiger partial charge < -0.3 is 10.4 Å². The maximum absolute atomic E-state index is 11.4. The third kappa shape index (κ3) is 2.39. The van der Waals surface area contributed by atoms with Crippen molar-refractivity contribution >= 4 is 50.5 Å². The van der Waals surface area contributed by atoms with Gasteiger partial charge in [0, 0.05) is 12.1 Å². The van der Waals surface area contributed by atoms with Crippen LogP contribution in [-0.2, 0) is 0 Å². The van der Waals surface area contributed by atoms with Gasteiger partial charge in [0.1, 0.15) is 5.56 Å². The first-order valence-corrected chi connectivity index (χ1v) is 7.02. The summed E-state index contributed by atoms with van der Waals surface area (Å²) in [6, 6.07) is 7.11. The molecule has 1 aromatic heterocycles. The molecule has 2 N–H and O–H groups in total. The van der Waals surface area contributed by atoms with Crippen LogP contribution in [0.25, 0.3) is 10.4 Å². The van der Waals surface area contributed by atoms with Gasteiger partial charge in [0.05, 0.1) is 14.4 Å². The summed E-state index contributed by atoms with van der Waals surface area (Å²) in [7, 11) is 1.70. The van der Waals surface area contributed by atoms with Gasteiger partial charge >= 0.3 is 5.97 Å². The van der Waals surface area contributed by atoms with Crippen molar-refractivity contribution in [3.8, 4) is 10.4 Å². The van der Waals surface area contributed by atoms with Crippen molar-refractivity contribution in [1.82, 2.24) is 0 Å². The lowest BCUT2D eigenvalue weighted by Gasteiger charge is -2.03. The number of carboxylic acid groups (broad SMARTS) is 1. The van der Waals surface area contributed by atoms with Crippen molar-refractivity contribution in [1.29, 1.82) is 0 Å². The Hall–Kier alpha value is -1.04. The van der Waals surface area contributed by atoms with Crippen LogP contribution >= 0.6 is 38.9 Å². The molecule has 3 nitrogen and oxygen atoms in total. The molecule has 0 unspecified atom stereocenters. The number of rotatable bonds is 3. The van der Waals surface area contributed by atoms with E-state index in [0.29, 0.717) is 15.6 Å². The van der Waals surface area contributed by atoms with Gasteiger partial charge in [-0.3, -0.25) is 0 Å². The van der Waals surface area contributed by atoms with Crippen molar-refractivity contribution in [3.05, 3.63) is 38.6 Å². The van der Waals surface area contributed by atoms with Crippen molar-refractivity contribution < 1.29 is 9.90 Å². The van der Waals surface area contributed by atoms with E-state index in [4.69, 9.17) is 11.6 Å². The number of aromatic carboxylic acids is 1. The van der Waals surface area contributed by atoms with E-state index in [1.54, 1.807) is 19.2 Å². The molecule has 2 rings (SSSR count). The Morgan fingerprint density at radius 2 is 2.00 bits per heavy atom. The first kappa shape index (κ1) is 13.4. The van der Waals surface area contributed by atoms with Gasteiger partial charge in [0.15, 0.2) is 0 Å². The van der Waals surface area contributed by atoms with E-state index in [9.17, 15) is 9.90 Å². The second-order valence-corrected chi connectivity index (χ2v) is 6.29. The monoisotopic (exact) mass is 345 g/mol. The second-order valence-electron chi connectivity index (χ2n) is 3.52. The SMILES string of the molecule is CNc1c(Br)sc(-c2ccc(Cl)cc2)c1C(=O)O. The number of hydrogen-bond acceptors (Lipinski definition) is 3. The largest absolute Gasteiger partial charge is 0.478 e. The molecule has 0 saturated heterocycles. The summed E-state index contributed by atoms with van der Waals surface area (Å²) >= 11 is 10.6. The van der Waals surface area contributed by atoms with Crippen molar-refractivity contribution in [2.45, 2.75) is 0 Å². The maximum atomic E-state index is 11.4. The highest BCUT2D eigenvalue weighted by Gasteiger charge is 2.22. The Kier molecular flexibility index (Phi) is 3.94. The van der Waals surface area contributed by atoms with Crippen LogP contribution in [0.2, 0.25) is 5.02 Å². The molecule has 94 valence electrons. The summed E-state index contributed by atoms with van der Waals surface area (Å²) in [5, 5.41) is 12.9. The van der Waals surface area contributed by atoms with Crippen LogP contribution in [0.5, 0.6) is 0 Å². The number of carboxylic acids is 1. The van der Waals surface area contributed by atoms with Gasteiger partial charge in [0.25, 0.3) is 0 Å². The Balaban J connectivity index is 2.64. The molecule has 0 aliphatic rings. The molecule has 0 radical (unpaired) electrons. The van der Waals surface area contributed by atoms with Crippen molar-refractivity contribution in [2.75, 3.05) is 12.4 Å². The summed E-state index contributed by atoms with van der Waals surface area (Å²) < 4.78 is 0.771. The van der Waals surface area contributed by atoms with E-state index in [1.807, 2.05) is 12.1 Å². The van der Waals surface area contributed by atoms with Crippen molar-refractivity contribution in [3.63, 3.8) is 0 Å². The fraction of sp³-hybridized carbons (Fsp3) is 0.0833. The Labute approximate surface area is 122 Å². The standard InChI is InChI=1S/C12H9BrClNO2S/c1-15-9-8(12(16)17)10(18-11(9)13)6-2-4-7(14)5-3-6/h2-5,15H,1H3,(H,16,17). The average Bonchev–Trinajstić information content (AvgIpc) is 2.67. The first-order chi connectivity index (χ1) is 8.54. The molecule has 1 aromatic carbocycles. The van der Waals surface area contributed by atoms with Crippen molar-refractivity contribution in [2.24, 2.45) is 0 Å². The predicted octanol–water partition coefficient (Wildman–Crippen LogP) is 4.57. The molecule has 0 aliphatic carbocycles. The molecule has 0 bridgehead atoms. The Morgan fingerprint density at radius 3 is 2.50 bits per heavy atom. The molecule has 2 aromatic rings. The first-order valence-electron chi connectivity index (χ1n) is 5.04. The zero-order valence-electron chi connectivity index (χ0n) is 9.33. The Bertz CT molecular complexity index is 595. The Morgan fingerprint density at radius 1 is 1.39 bits per heavy atom. The highest BCUT2D eigenvalue weighted by atomic mass is 79.9. The van der Waals surface area contributed by atoms with Gasteiger partial charge in [-0.25, -0.2) is 4.79 Å². The molecule has 18 heavy (non-hydrogen) atoms. The predicted molar refractivity (Wildman–Crippen MR) is 79.0 cm³/mol. The third-order valence-corrected chi connectivity index (χ3v) is 4.60. The van der Waals surface area contributed by atoms with Gasteiger partial charge in [0.2, 0.25) is 0 Å². The molecule has 0 spiro atoms. The smallest absolute Gasteiger partial charge is 0.339 e. The molecular formula is C12H9BrClNO2S. The van der Waals surface area contributed by atoms with Gasteiger partial charge in [-0.15, -0.1) is 11.3 Å². The molecule has 1 heterocycles. The zero-order chi connectivity index (χ0) is 13.3. The third-order valence-electron chi connectivity index (χ3n) is 2.44. The lowest BCUT2D eigenvalue weighted by molar-refractivity contribution is 0.0699. The van der Waals surface area contributed by atoms with Crippen LogP contribution < -0.4 is 5.32 Å². The van der Waals surface area contributed by atoms with Gasteiger partial charge in [-0.2, -0.15) is 0 Å². The van der Waals surface area contributed by atoms with E-state index >= 15 is 0 Å². The van der Waals surface area contributed by atoms with Crippen LogP contribution in [-0.4, -0.2) is 18.1 Å². The minimum Gasteiger partial charge on any atom is -0.478 e. The number of hydrogen-bond donors (Lipinski definition) is 2. The summed E-state index contributed by atoms with van der Waals surface area (Å²) in [6.45, 7) is 0. The molecule has 0 saturated carbocycles. The summed E-state index contributed by atoms with van der Waals surface area (Å²) in [4.78, 5) is 12.1. The highest BCUT2D eigenvalue weighted by molar-refractivity contribution is 9.11. The normalized spacial score (nSPS) is 10.4. The highest BCUT2D eigenvalue weighted by Crippen LogP contribution is 2.43. The summed E-state index contributed by atoms with van der Waals surface area (Å²) in [5.74, 6) is -0.953. The van der Waals surface area contributed by atoms with E-state index in [2.05, 4.69) is 21.2 Å². The number of nitrogens with one attached hydrogen (secondary N) is 1. The maximum Gasteiger partial charge on any atom is 0.339 e. The molecule has 6 heteroatoms. The fourth-order valence-electron chi connectivity index (χ4n) is 1.64. The van der Waals surface area contributed by atoms with E-state index in [1.165, 1.54) is 11.3 Å². The minimum absolute atomic E-state index is 0.275. The lowest BCUT2D eigenvalue weighted by atomic mass is 10.1. The summed E-state index contributed by atoms with van der Waals surface area (Å²) in [6.07, 6.45) is 0. The van der Waals surface area contributed by atoms with Crippen LogP contribution in [0.3, 0.4) is 0 Å². The minimum atomic E-state index is -0.953. The van der Waals surface area contributed by atoms with Crippen LogP contribution in [0.15, 0.2) is 28.1 Å². The zero-order valence-corrected chi connectivity index (χ0v) is 12.5. The van der Waals surface area contributed by atoms with Crippen LogP contribution in [0.4, 0.5) is 5.69 Å². The number of thiophene rings is 1. The fourth-order valence-corrected chi connectivity index (χ4v) is 3.67. The molecular weight excluding hydrogens is 338 g/mol. The molecule has 0 fully saturated rings. The van der Waals surface area contributed by atoms with Gasteiger partial charge in [-0.1, -0.05) is 23.7 Å². The van der Waals surface area contributed by atoms with Crippen LogP contribution in [0, 0.1) is 0 Å². The molecule has 0 amide bonds. The molecule has 0 atom stereocenters. The topological polar surface area (TPSA) is 49.3 Å². The second kappa shape index (κ2) is 5.30. The lowest BCUT2D eigenvalue weighted by Crippen LogP contribution is -2.01. The summed E-state index contributed by atoms with van der Waals surface area (Å²) in [5.41, 5.74) is 1.71.